The number of oxazole rings is 2. The Kier molecular flexibility index (Phi) is 14.4. The van der Waals surface area contributed by atoms with Gasteiger partial charge in [0.25, 0.3) is 0 Å². The van der Waals surface area contributed by atoms with Crippen molar-refractivity contribution in [1.29, 1.82) is 0 Å². The Labute approximate surface area is 374 Å². The van der Waals surface area contributed by atoms with E-state index in [4.69, 9.17) is 14.6 Å². The lowest BCUT2D eigenvalue weighted by molar-refractivity contribution is 0.0734. The van der Waals surface area contributed by atoms with E-state index in [2.05, 4.69) is 20.6 Å². The van der Waals surface area contributed by atoms with E-state index >= 15 is 0 Å². The Balaban J connectivity index is 0.000000164. The maximum absolute atomic E-state index is 14.1. The molecule has 0 bridgehead atoms. The van der Waals surface area contributed by atoms with E-state index in [0.29, 0.717) is 66.3 Å². The predicted octanol–water partition coefficient (Wildman–Crippen LogP) is 9.64. The quantitative estimate of drug-likeness (QED) is 0.144. The van der Waals surface area contributed by atoms with Crippen molar-refractivity contribution in [3.63, 3.8) is 0 Å². The molecule has 6 aromatic rings. The lowest BCUT2D eigenvalue weighted by Crippen LogP contribution is -2.49. The average molecular weight is 893 g/mol. The summed E-state index contributed by atoms with van der Waals surface area (Å²) < 4.78 is 64.3. The van der Waals surface area contributed by atoms with Crippen LogP contribution in [0.2, 0.25) is 0 Å². The van der Waals surface area contributed by atoms with Crippen molar-refractivity contribution in [3.8, 4) is 22.6 Å². The summed E-state index contributed by atoms with van der Waals surface area (Å²) in [6.07, 6.45) is 11.6. The number of nitrogens with one attached hydrogen (secondary N) is 2. The van der Waals surface area contributed by atoms with Crippen molar-refractivity contribution in [3.05, 3.63) is 155 Å². The molecule has 4 N–H and O–H groups in total. The number of rotatable bonds is 5. The van der Waals surface area contributed by atoms with E-state index in [1.54, 1.807) is 41.3 Å². The number of likely N-dealkylation sites (tertiary alicyclic amines) is 1. The molecule has 0 radical (unpaired) electrons. The zero-order valence-corrected chi connectivity index (χ0v) is 35.1. The molecule has 0 unspecified atom stereocenters. The van der Waals surface area contributed by atoms with Crippen LogP contribution in [0.4, 0.5) is 22.4 Å². The fourth-order valence-corrected chi connectivity index (χ4v) is 9.32. The van der Waals surface area contributed by atoms with E-state index in [-0.39, 0.29) is 54.0 Å². The Morgan fingerprint density at radius 1 is 0.662 bits per heavy atom. The van der Waals surface area contributed by atoms with Gasteiger partial charge in [0.15, 0.2) is 35.9 Å². The van der Waals surface area contributed by atoms with Gasteiger partial charge in [-0.05, 0) is 133 Å². The molecule has 2 aromatic heterocycles. The monoisotopic (exact) mass is 892 g/mol. The molecule has 4 heterocycles. The van der Waals surface area contributed by atoms with Gasteiger partial charge in [0.1, 0.15) is 23.3 Å². The number of benzene rings is 4. The summed E-state index contributed by atoms with van der Waals surface area (Å²) in [6, 6.07) is 18.2. The topological polar surface area (TPSA) is 157 Å². The highest BCUT2D eigenvalue weighted by Gasteiger charge is 2.42. The molecule has 340 valence electrons. The summed E-state index contributed by atoms with van der Waals surface area (Å²) in [5.74, 6) is -0.614. The minimum absolute atomic E-state index is 0. The largest absolute Gasteiger partial charge is 0.443 e. The van der Waals surface area contributed by atoms with Crippen molar-refractivity contribution in [1.82, 2.24) is 25.5 Å². The van der Waals surface area contributed by atoms with Crippen molar-refractivity contribution >= 4 is 17.6 Å². The summed E-state index contributed by atoms with van der Waals surface area (Å²) in [5.41, 5.74) is 10.7. The number of aromatic nitrogens is 2. The smallest absolute Gasteiger partial charge is 0.317 e. The van der Waals surface area contributed by atoms with Crippen LogP contribution >= 0.6 is 0 Å². The van der Waals surface area contributed by atoms with E-state index in [1.165, 1.54) is 61.6 Å². The minimum Gasteiger partial charge on any atom is -0.443 e. The average Bonchev–Trinajstić information content (AvgIpc) is 4.04. The normalized spacial score (nSPS) is 16.8. The minimum atomic E-state index is -0.422. The van der Waals surface area contributed by atoms with Crippen LogP contribution in [0, 0.1) is 34.1 Å². The summed E-state index contributed by atoms with van der Waals surface area (Å²) >= 11 is 0. The first-order valence-corrected chi connectivity index (χ1v) is 21.3. The van der Waals surface area contributed by atoms with Gasteiger partial charge in [0.2, 0.25) is 0 Å². The molecular formula is C50H52F4N6O5. The Hall–Kier alpha value is -6.45. The Morgan fingerprint density at radius 2 is 1.15 bits per heavy atom. The third-order valence-electron chi connectivity index (χ3n) is 12.9. The van der Waals surface area contributed by atoms with Gasteiger partial charge in [-0.2, -0.15) is 0 Å². The van der Waals surface area contributed by atoms with Gasteiger partial charge in [-0.1, -0.05) is 31.7 Å². The second-order valence-electron chi connectivity index (χ2n) is 17.1. The number of hydrogen-bond acceptors (Lipinski definition) is 9. The van der Waals surface area contributed by atoms with Crippen LogP contribution in [0.15, 0.2) is 107 Å². The Bertz CT molecular complexity index is 2620. The molecule has 2 spiro atoms. The van der Waals surface area contributed by atoms with Gasteiger partial charge >= 0.3 is 6.03 Å². The van der Waals surface area contributed by atoms with Crippen LogP contribution in [0.5, 0.6) is 0 Å². The van der Waals surface area contributed by atoms with E-state index in [1.807, 2.05) is 0 Å². The number of hydrogen-bond donors (Lipinski definition) is 3. The second kappa shape index (κ2) is 20.2. The molecule has 4 aromatic carbocycles. The molecular weight excluding hydrogens is 841 g/mol. The van der Waals surface area contributed by atoms with Crippen LogP contribution < -0.4 is 16.4 Å². The number of carbonyl (C=O) groups excluding carboxylic acids is 3. The number of urea groups is 1. The van der Waals surface area contributed by atoms with Crippen LogP contribution in [-0.2, 0) is 25.9 Å². The molecule has 4 aliphatic rings. The number of nitrogens with zero attached hydrogens (tertiary/aromatic N) is 3. The van der Waals surface area contributed by atoms with Crippen molar-refractivity contribution in [2.24, 2.45) is 16.6 Å². The van der Waals surface area contributed by atoms with Gasteiger partial charge in [0.05, 0.1) is 23.5 Å². The summed E-state index contributed by atoms with van der Waals surface area (Å²) in [6.45, 7) is 3.69. The fourth-order valence-electron chi connectivity index (χ4n) is 9.32. The van der Waals surface area contributed by atoms with Crippen molar-refractivity contribution in [2.45, 2.75) is 71.9 Å². The number of ketones is 2. The highest BCUT2D eigenvalue weighted by Crippen LogP contribution is 2.44. The molecule has 0 atom stereocenters. The number of Topliss-reactive ketones (excluding diaryl/α,β-unsaturated/α-hetero) is 2. The number of carbonyl (C=O) groups is 3. The highest BCUT2D eigenvalue weighted by atomic mass is 19.1. The molecule has 10 rings (SSSR count). The Morgan fingerprint density at radius 3 is 1.65 bits per heavy atom. The summed E-state index contributed by atoms with van der Waals surface area (Å²) in [5, 5.41) is 6.23. The maximum Gasteiger partial charge on any atom is 0.317 e. The highest BCUT2D eigenvalue weighted by molar-refractivity contribution is 5.99. The first-order chi connectivity index (χ1) is 30.9. The maximum atomic E-state index is 14.1. The van der Waals surface area contributed by atoms with Crippen LogP contribution in [-0.4, -0.2) is 58.6 Å². The molecule has 2 fully saturated rings. The molecule has 2 amide bonds. The van der Waals surface area contributed by atoms with Gasteiger partial charge in [-0.3, -0.25) is 9.59 Å². The third-order valence-corrected chi connectivity index (χ3v) is 12.9. The summed E-state index contributed by atoms with van der Waals surface area (Å²) in [4.78, 5) is 46.8. The van der Waals surface area contributed by atoms with Crippen molar-refractivity contribution < 1.29 is 40.8 Å². The number of fused-ring (bicyclic) bond motifs is 2. The van der Waals surface area contributed by atoms with Crippen molar-refractivity contribution in [2.75, 3.05) is 26.2 Å². The molecule has 2 aliphatic carbocycles. The zero-order valence-electron chi connectivity index (χ0n) is 35.1. The van der Waals surface area contributed by atoms with E-state index < -0.39 is 11.6 Å². The molecule has 15 heteroatoms. The van der Waals surface area contributed by atoms with Crippen LogP contribution in [0.1, 0.15) is 88.9 Å². The first kappa shape index (κ1) is 46.5. The van der Waals surface area contributed by atoms with Gasteiger partial charge in [-0.25, -0.2) is 32.3 Å². The zero-order chi connectivity index (χ0) is 44.8. The SMILES string of the molecule is C.NCc1ccc(F)c(-c2cnco2)c1.O=C1CC2(CCN(C(=O)NCc3ccc(F)c(-c4cnco4)c3)CC2)Cc2ccc(F)cc21.O=C1CC2(CCNCC2)Cc2ccc(F)cc21. The molecule has 0 saturated carbocycles. The summed E-state index contributed by atoms with van der Waals surface area (Å²) in [7, 11) is 0. The van der Waals surface area contributed by atoms with E-state index in [0.717, 1.165) is 73.9 Å². The first-order valence-electron chi connectivity index (χ1n) is 21.3. The lowest BCUT2D eigenvalue weighted by atomic mass is 9.66. The van der Waals surface area contributed by atoms with Gasteiger partial charge in [-0.15, -0.1) is 0 Å². The van der Waals surface area contributed by atoms with Crippen LogP contribution in [0.3, 0.4) is 0 Å². The van der Waals surface area contributed by atoms with E-state index in [9.17, 15) is 31.9 Å². The van der Waals surface area contributed by atoms with Gasteiger partial charge < -0.3 is 30.1 Å². The fraction of sp³-hybridized carbons (Fsp3) is 0.340. The van der Waals surface area contributed by atoms with Crippen LogP contribution in [0.25, 0.3) is 22.6 Å². The number of piperidine rings is 2. The number of amides is 2. The molecule has 65 heavy (non-hydrogen) atoms. The second-order valence-corrected chi connectivity index (χ2v) is 17.1. The third kappa shape index (κ3) is 10.7. The lowest BCUT2D eigenvalue weighted by Gasteiger charge is -2.44. The standard InChI is InChI=1S/C25H23F2N3O3.C14H16FNO.C10H9FN2O.CH4/c26-18-3-2-17-11-25(12-22(31)19(17)10-18)5-7-30(8-6-25)24(32)29-13-16-1-4-21(27)20(9-16)23-14-28-15-33-23;15-11-2-1-10-8-14(3-5-16-6-4-14)9-13(17)12(10)7-11;11-9-2-1-7(4-12)3-8(9)10-5-13-6-14-10;/h1-4,9-10,14-15H,5-8,11-13H2,(H,29,32);1-2,7,16H,3-6,8-9H2;1-3,5-6H,4,12H2;1H4. The number of nitrogens with two attached hydrogens (primary N) is 1. The molecule has 11 nitrogen and oxygen atoms in total. The number of halogens is 4. The molecule has 2 aliphatic heterocycles. The molecule has 2 saturated heterocycles. The van der Waals surface area contributed by atoms with Gasteiger partial charge in [0, 0.05) is 50.1 Å². The predicted molar refractivity (Wildman–Crippen MR) is 237 cm³/mol.